The van der Waals surface area contributed by atoms with Gasteiger partial charge in [-0.05, 0) is 49.4 Å². The number of aromatic amines is 1. The number of rotatable bonds is 4. The van der Waals surface area contributed by atoms with Crippen molar-refractivity contribution in [3.05, 3.63) is 42.5 Å². The van der Waals surface area contributed by atoms with Crippen molar-refractivity contribution in [2.24, 2.45) is 11.7 Å². The van der Waals surface area contributed by atoms with Gasteiger partial charge in [0.15, 0.2) is 0 Å². The van der Waals surface area contributed by atoms with Gasteiger partial charge >= 0.3 is 0 Å². The quantitative estimate of drug-likeness (QED) is 0.389. The Hall–Kier alpha value is -3.46. The second-order valence-electron chi connectivity index (χ2n) is 8.76. The zero-order valence-corrected chi connectivity index (χ0v) is 17.8. The van der Waals surface area contributed by atoms with Crippen molar-refractivity contribution < 1.29 is 4.39 Å². The van der Waals surface area contributed by atoms with Gasteiger partial charge in [0.05, 0.1) is 28.5 Å². The van der Waals surface area contributed by atoms with Crippen LogP contribution in [0.3, 0.4) is 0 Å². The number of fused-ring (bicyclic) bond motifs is 6. The molecule has 5 N–H and O–H groups in total. The Morgan fingerprint density at radius 3 is 2.88 bits per heavy atom. The minimum absolute atomic E-state index is 0.228. The first kappa shape index (κ1) is 19.2. The van der Waals surface area contributed by atoms with E-state index in [9.17, 15) is 4.39 Å². The summed E-state index contributed by atoms with van der Waals surface area (Å²) in [5, 5.41) is 7.97. The summed E-state index contributed by atoms with van der Waals surface area (Å²) in [5.41, 5.74) is 9.37. The van der Waals surface area contributed by atoms with Crippen LogP contribution in [0.15, 0.2) is 36.7 Å². The van der Waals surface area contributed by atoms with Gasteiger partial charge in [-0.1, -0.05) is 0 Å². The van der Waals surface area contributed by atoms with E-state index in [2.05, 4.69) is 25.5 Å². The molecule has 0 amide bonds. The number of hydrogen-bond donors (Lipinski definition) is 4. The van der Waals surface area contributed by atoms with Crippen LogP contribution in [0.2, 0.25) is 0 Å². The Labute approximate surface area is 184 Å². The first-order valence-corrected chi connectivity index (χ1v) is 11.0. The molecule has 8 nitrogen and oxygen atoms in total. The summed E-state index contributed by atoms with van der Waals surface area (Å²) in [6.07, 6.45) is 6.63. The van der Waals surface area contributed by atoms with Crippen molar-refractivity contribution in [3.8, 4) is 0 Å². The minimum atomic E-state index is -0.298. The molecule has 32 heavy (non-hydrogen) atoms. The molecule has 1 saturated carbocycles. The molecular formula is C23H25FN8. The highest BCUT2D eigenvalue weighted by molar-refractivity contribution is 6.14. The molecule has 4 aromatic rings. The standard InChI is InChI=1S/C23H25FN8/c1-26-18-8-13(24)7-16-19-21(29-20(16)18)30-23(28-14-3-2-6-27-10-14)31-22(19)32-11-12-4-5-15(32)9-17(12)25/h2-3,6-8,10,12,15,17,26H,4-5,9,11,25H2,1H3,(H2,28,29,30,31). The Morgan fingerprint density at radius 1 is 1.25 bits per heavy atom. The summed E-state index contributed by atoms with van der Waals surface area (Å²) in [7, 11) is 1.78. The van der Waals surface area contributed by atoms with E-state index in [1.54, 1.807) is 25.5 Å². The van der Waals surface area contributed by atoms with Crippen molar-refractivity contribution in [1.29, 1.82) is 0 Å². The van der Waals surface area contributed by atoms with Gasteiger partial charge in [-0.3, -0.25) is 4.98 Å². The second kappa shape index (κ2) is 7.30. The van der Waals surface area contributed by atoms with E-state index >= 15 is 0 Å². The summed E-state index contributed by atoms with van der Waals surface area (Å²) in [6, 6.07) is 7.37. The van der Waals surface area contributed by atoms with E-state index in [4.69, 9.17) is 15.7 Å². The molecule has 3 aliphatic rings. The molecular weight excluding hydrogens is 407 g/mol. The van der Waals surface area contributed by atoms with Crippen molar-refractivity contribution in [1.82, 2.24) is 19.9 Å². The summed E-state index contributed by atoms with van der Waals surface area (Å²) >= 11 is 0. The molecule has 3 aromatic heterocycles. The monoisotopic (exact) mass is 432 g/mol. The molecule has 3 unspecified atom stereocenters. The number of H-pyrrole nitrogens is 1. The predicted octanol–water partition coefficient (Wildman–Crippen LogP) is 3.75. The van der Waals surface area contributed by atoms with Crippen LogP contribution >= 0.6 is 0 Å². The zero-order chi connectivity index (χ0) is 21.8. The van der Waals surface area contributed by atoms with E-state index < -0.39 is 0 Å². The average molecular weight is 433 g/mol. The number of nitrogens with two attached hydrogens (primary N) is 1. The van der Waals surface area contributed by atoms with Crippen LogP contribution in [0, 0.1) is 11.7 Å². The van der Waals surface area contributed by atoms with Crippen LogP contribution in [0.5, 0.6) is 0 Å². The van der Waals surface area contributed by atoms with Crippen LogP contribution in [-0.2, 0) is 0 Å². The van der Waals surface area contributed by atoms with E-state index in [0.29, 0.717) is 29.2 Å². The lowest BCUT2D eigenvalue weighted by atomic mass is 9.76. The van der Waals surface area contributed by atoms with E-state index in [1.807, 2.05) is 12.1 Å². The number of piperidine rings is 2. The smallest absolute Gasteiger partial charge is 0.231 e. The fourth-order valence-corrected chi connectivity index (χ4v) is 5.29. The van der Waals surface area contributed by atoms with E-state index in [1.165, 1.54) is 6.07 Å². The van der Waals surface area contributed by atoms with Crippen molar-refractivity contribution >= 4 is 45.1 Å². The lowest BCUT2D eigenvalue weighted by molar-refractivity contribution is 0.216. The summed E-state index contributed by atoms with van der Waals surface area (Å²) < 4.78 is 14.5. The molecule has 2 saturated heterocycles. The van der Waals surface area contributed by atoms with Gasteiger partial charge in [0.2, 0.25) is 5.95 Å². The Morgan fingerprint density at radius 2 is 2.16 bits per heavy atom. The van der Waals surface area contributed by atoms with Gasteiger partial charge in [-0.2, -0.15) is 9.97 Å². The molecule has 3 fully saturated rings. The maximum Gasteiger partial charge on any atom is 0.231 e. The maximum atomic E-state index is 14.5. The summed E-state index contributed by atoms with van der Waals surface area (Å²) in [5.74, 6) is 1.44. The molecule has 164 valence electrons. The van der Waals surface area contributed by atoms with Gasteiger partial charge in [0.1, 0.15) is 17.3 Å². The van der Waals surface area contributed by atoms with Crippen molar-refractivity contribution in [3.63, 3.8) is 0 Å². The van der Waals surface area contributed by atoms with Crippen molar-refractivity contribution in [2.45, 2.75) is 31.3 Å². The van der Waals surface area contributed by atoms with Gasteiger partial charge < -0.3 is 26.3 Å². The Bertz CT molecular complexity index is 1300. The first-order valence-electron chi connectivity index (χ1n) is 11.0. The first-order chi connectivity index (χ1) is 15.6. The second-order valence-corrected chi connectivity index (χ2v) is 8.76. The fourth-order valence-electron chi connectivity index (χ4n) is 5.29. The van der Waals surface area contributed by atoms with E-state index in [0.717, 1.165) is 53.6 Å². The lowest BCUT2D eigenvalue weighted by Crippen LogP contribution is -2.57. The lowest BCUT2D eigenvalue weighted by Gasteiger charge is -2.49. The number of pyridine rings is 1. The molecule has 0 radical (unpaired) electrons. The Balaban J connectivity index is 1.57. The SMILES string of the molecule is CNc1cc(F)cc2c1[nH]c1nc(Nc3cccnc3)nc(N3CC4CCC3CC4N)c12. The number of benzene rings is 1. The molecule has 3 atom stereocenters. The number of nitrogens with zero attached hydrogens (tertiary/aromatic N) is 4. The molecule has 7 rings (SSSR count). The Kier molecular flexibility index (Phi) is 4.39. The highest BCUT2D eigenvalue weighted by Gasteiger charge is 2.40. The van der Waals surface area contributed by atoms with Crippen LogP contribution < -0.4 is 21.3 Å². The molecule has 1 aromatic carbocycles. The van der Waals surface area contributed by atoms with Crippen LogP contribution in [0.4, 0.5) is 27.5 Å². The number of halogens is 1. The normalized spacial score (nSPS) is 22.6. The largest absolute Gasteiger partial charge is 0.386 e. The molecule has 2 bridgehead atoms. The highest BCUT2D eigenvalue weighted by Crippen LogP contribution is 2.42. The minimum Gasteiger partial charge on any atom is -0.386 e. The third-order valence-electron chi connectivity index (χ3n) is 6.86. The number of anilines is 4. The number of hydrogen-bond acceptors (Lipinski definition) is 7. The average Bonchev–Trinajstić information content (AvgIpc) is 3.17. The van der Waals surface area contributed by atoms with Gasteiger partial charge in [0, 0.05) is 37.3 Å². The van der Waals surface area contributed by atoms with Gasteiger partial charge in [-0.25, -0.2) is 4.39 Å². The van der Waals surface area contributed by atoms with E-state index in [-0.39, 0.29) is 11.9 Å². The van der Waals surface area contributed by atoms with Crippen LogP contribution in [0.1, 0.15) is 19.3 Å². The summed E-state index contributed by atoms with van der Waals surface area (Å²) in [4.78, 5) is 19.6. The van der Waals surface area contributed by atoms with Gasteiger partial charge in [-0.15, -0.1) is 0 Å². The van der Waals surface area contributed by atoms with Crippen LogP contribution in [0.25, 0.3) is 21.9 Å². The molecule has 2 aliphatic heterocycles. The molecule has 0 spiro atoms. The topological polar surface area (TPSA) is 108 Å². The maximum absolute atomic E-state index is 14.5. The third kappa shape index (κ3) is 3.03. The van der Waals surface area contributed by atoms with Gasteiger partial charge in [0.25, 0.3) is 0 Å². The predicted molar refractivity (Wildman–Crippen MR) is 125 cm³/mol. The molecule has 5 heterocycles. The fraction of sp³-hybridized carbons (Fsp3) is 0.348. The molecule has 1 aliphatic carbocycles. The van der Waals surface area contributed by atoms with Crippen molar-refractivity contribution in [2.75, 3.05) is 29.1 Å². The zero-order valence-electron chi connectivity index (χ0n) is 17.8. The molecule has 9 heteroatoms. The van der Waals surface area contributed by atoms with Crippen LogP contribution in [-0.4, -0.2) is 45.6 Å². The third-order valence-corrected chi connectivity index (χ3v) is 6.86. The number of aromatic nitrogens is 4. The summed E-state index contributed by atoms with van der Waals surface area (Å²) in [6.45, 7) is 0.852. The number of nitrogens with one attached hydrogen (secondary N) is 3. The highest BCUT2D eigenvalue weighted by atomic mass is 19.1.